The third-order valence-corrected chi connectivity index (χ3v) is 25.1. The van der Waals surface area contributed by atoms with Crippen LogP contribution in [0, 0.1) is 0 Å². The minimum atomic E-state index is -0.227. The number of fused-ring (bicyclic) bond motifs is 3. The van der Waals surface area contributed by atoms with Crippen LogP contribution in [0.3, 0.4) is 0 Å². The first-order valence-corrected chi connectivity index (χ1v) is 47.8. The quantitative estimate of drug-likeness (QED) is 0.0354. The van der Waals surface area contributed by atoms with Crippen molar-refractivity contribution in [3.63, 3.8) is 0 Å². The molecule has 20 bridgehead atoms. The number of benzene rings is 10. The van der Waals surface area contributed by atoms with E-state index in [2.05, 4.69) is 250 Å². The fourth-order valence-corrected chi connectivity index (χ4v) is 18.0. The van der Waals surface area contributed by atoms with Gasteiger partial charge >= 0.3 is 0 Å². The monoisotopic (exact) mass is 1600 g/mol. The van der Waals surface area contributed by atoms with E-state index in [4.69, 9.17) is 28.4 Å². The molecule has 632 valence electrons. The molecule has 0 saturated heterocycles. The summed E-state index contributed by atoms with van der Waals surface area (Å²) in [6, 6.07) is 75.4. The molecule has 0 aliphatic heterocycles. The van der Waals surface area contributed by atoms with E-state index in [0.29, 0.717) is 39.6 Å². The maximum atomic E-state index is 7.03. The average Bonchev–Trinajstić information content (AvgIpc) is 1.55. The Morgan fingerprint density at radius 3 is 0.546 bits per heavy atom. The Labute approximate surface area is 719 Å². The lowest BCUT2D eigenvalue weighted by Gasteiger charge is -2.33. The molecule has 0 amide bonds. The Morgan fingerprint density at radius 2 is 0.328 bits per heavy atom. The molecule has 4 aliphatic rings. The Hall–Kier alpha value is -9.00. The molecule has 0 heterocycles. The van der Waals surface area contributed by atoms with Gasteiger partial charge in [-0.25, -0.2) is 0 Å². The van der Waals surface area contributed by atoms with Crippen molar-refractivity contribution in [1.29, 1.82) is 0 Å². The van der Waals surface area contributed by atoms with Crippen molar-refractivity contribution in [3.8, 4) is 146 Å². The Morgan fingerprint density at radius 1 is 0.160 bits per heavy atom. The summed E-state index contributed by atoms with van der Waals surface area (Å²) in [7, 11) is 0. The van der Waals surface area contributed by atoms with Crippen molar-refractivity contribution in [2.24, 2.45) is 0 Å². The van der Waals surface area contributed by atoms with Crippen LogP contribution in [0.2, 0.25) is 0 Å². The largest absolute Gasteiger partial charge is 0.494 e. The van der Waals surface area contributed by atoms with Crippen molar-refractivity contribution >= 4 is 0 Å². The van der Waals surface area contributed by atoms with E-state index in [-0.39, 0.29) is 5.41 Å². The predicted molar refractivity (Wildman–Crippen MR) is 509 cm³/mol. The maximum absolute atomic E-state index is 7.03. The Kier molecular flexibility index (Phi) is 35.9. The Balaban J connectivity index is 1.09. The Bertz CT molecular complexity index is 4410. The van der Waals surface area contributed by atoms with E-state index in [1.54, 1.807) is 0 Å². The minimum absolute atomic E-state index is 0.227. The molecule has 0 radical (unpaired) electrons. The highest BCUT2D eigenvalue weighted by atomic mass is 16.5. The van der Waals surface area contributed by atoms with E-state index in [1.807, 2.05) is 0 Å². The van der Waals surface area contributed by atoms with Gasteiger partial charge in [-0.1, -0.05) is 321 Å². The molecule has 10 aromatic rings. The first-order chi connectivity index (χ1) is 58.6. The first kappa shape index (κ1) is 89.3. The lowest BCUT2D eigenvalue weighted by molar-refractivity contribution is 0.304. The van der Waals surface area contributed by atoms with Gasteiger partial charge in [0.2, 0.25) is 0 Å². The van der Waals surface area contributed by atoms with Crippen molar-refractivity contribution < 1.29 is 28.4 Å². The zero-order valence-electron chi connectivity index (χ0n) is 74.5. The summed E-state index contributed by atoms with van der Waals surface area (Å²) >= 11 is 0. The molecule has 0 fully saturated rings. The molecule has 119 heavy (non-hydrogen) atoms. The van der Waals surface area contributed by atoms with Gasteiger partial charge in [0.25, 0.3) is 0 Å². The molecule has 10 aromatic carbocycles. The van der Waals surface area contributed by atoms with Gasteiger partial charge in [0, 0.05) is 5.41 Å². The van der Waals surface area contributed by atoms with Crippen LogP contribution in [0.15, 0.2) is 194 Å². The SMILES string of the molecule is CCCCCCCCC1(CCCCCCCC)c2cc3ccc2-c2ccc(cc21)-c1cc(OCCCCCC)cc(c1)-c1cc(OCCCCCC)cc(c1)-c1cc(OCCCCCC)cc(c1)-c1ccc(cc1)-c1ccc(cc1)-c1cc(OCCCCCC)cc(c1)-c1cc(OCCCCCC)cc(c1)-c1cc(OCCCCCC)cc-3c1. The highest BCUT2D eigenvalue weighted by Crippen LogP contribution is 2.57. The number of rotatable bonds is 50. The third kappa shape index (κ3) is 25.6. The smallest absolute Gasteiger partial charge is 0.120 e. The number of ether oxygens (including phenoxy) is 6. The van der Waals surface area contributed by atoms with Crippen LogP contribution in [-0.4, -0.2) is 39.6 Å². The van der Waals surface area contributed by atoms with E-state index >= 15 is 0 Å². The van der Waals surface area contributed by atoms with Gasteiger partial charge in [-0.3, -0.25) is 0 Å². The van der Waals surface area contributed by atoms with Crippen molar-refractivity contribution in [3.05, 3.63) is 205 Å². The lowest BCUT2D eigenvalue weighted by atomic mass is 9.70. The average molecular weight is 1600 g/mol. The third-order valence-electron chi connectivity index (χ3n) is 25.1. The highest BCUT2D eigenvalue weighted by Gasteiger charge is 2.43. The van der Waals surface area contributed by atoms with Crippen LogP contribution < -0.4 is 28.4 Å². The van der Waals surface area contributed by atoms with Crippen molar-refractivity contribution in [1.82, 2.24) is 0 Å². The molecule has 0 aromatic heterocycles. The topological polar surface area (TPSA) is 55.4 Å². The molecular weight excluding hydrogens is 1450 g/mol. The van der Waals surface area contributed by atoms with Gasteiger partial charge in [0.1, 0.15) is 34.5 Å². The van der Waals surface area contributed by atoms with Crippen LogP contribution in [-0.2, 0) is 5.41 Å². The standard InChI is InChI=1S/C113H144O6/c1-9-17-25-33-35-37-57-113(58-38-36-34-26-18-10-2)111-83-89-53-55-109(111)110-56-54-90(84-112(110)113)94-68-98(78-106(74-94)117-62-42-30-22-14-6)102-70-100(80-108(82-102)119-64-44-32-24-16-8)96-66-92(72-104(76-96)115-60-40-28-20-12-4)88-51-47-86(48-52-88)85-45-49-87(50-46-85)91-65-95(75-103(71-91)114-59-39-27-19-11-3)99-69-101(81-107(79-99)118-63-43-31-23-15-7)97-67-93(89)73-105(77-97)116-61-41-29-21-13-5/h45-56,65-84H,9-44,57-64H2,1-8H3. The zero-order valence-corrected chi connectivity index (χ0v) is 74.5. The summed E-state index contributed by atoms with van der Waals surface area (Å²) in [5.74, 6) is 5.31. The number of hydrogen-bond acceptors (Lipinski definition) is 6. The summed E-state index contributed by atoms with van der Waals surface area (Å²) in [6.45, 7) is 22.3. The summed E-state index contributed by atoms with van der Waals surface area (Å²) in [5.41, 5.74) is 25.9. The summed E-state index contributed by atoms with van der Waals surface area (Å²) in [5, 5.41) is 0. The van der Waals surface area contributed by atoms with E-state index in [9.17, 15) is 0 Å². The molecule has 0 unspecified atom stereocenters. The van der Waals surface area contributed by atoms with Crippen LogP contribution in [0.5, 0.6) is 34.5 Å². The molecule has 0 saturated carbocycles. The van der Waals surface area contributed by atoms with Gasteiger partial charge in [-0.05, 0) is 295 Å². The van der Waals surface area contributed by atoms with E-state index < -0.39 is 0 Å². The predicted octanol–water partition coefficient (Wildman–Crippen LogP) is 34.5. The van der Waals surface area contributed by atoms with Crippen LogP contribution in [0.1, 0.15) is 311 Å². The molecule has 0 spiro atoms. The number of unbranched alkanes of at least 4 members (excludes halogenated alkanes) is 28. The van der Waals surface area contributed by atoms with E-state index in [1.165, 1.54) is 199 Å². The van der Waals surface area contributed by atoms with Crippen molar-refractivity contribution in [2.45, 2.75) is 305 Å². The van der Waals surface area contributed by atoms with Crippen LogP contribution in [0.4, 0.5) is 0 Å². The zero-order chi connectivity index (χ0) is 82.6. The second kappa shape index (κ2) is 47.9. The summed E-state index contributed by atoms with van der Waals surface area (Å²) in [4.78, 5) is 0. The lowest BCUT2D eigenvalue weighted by Crippen LogP contribution is -2.25. The maximum Gasteiger partial charge on any atom is 0.120 e. The van der Waals surface area contributed by atoms with Crippen molar-refractivity contribution in [2.75, 3.05) is 39.6 Å². The van der Waals surface area contributed by atoms with Gasteiger partial charge < -0.3 is 28.4 Å². The molecule has 0 atom stereocenters. The molecule has 6 heteroatoms. The fraction of sp³-hybridized carbons (Fsp3) is 0.469. The van der Waals surface area contributed by atoms with Gasteiger partial charge in [0.05, 0.1) is 39.6 Å². The minimum Gasteiger partial charge on any atom is -0.494 e. The molecule has 6 nitrogen and oxygen atoms in total. The van der Waals surface area contributed by atoms with Crippen LogP contribution in [0.25, 0.3) is 111 Å². The first-order valence-electron chi connectivity index (χ1n) is 47.8. The number of hydrogen-bond donors (Lipinski definition) is 0. The second-order valence-corrected chi connectivity index (χ2v) is 34.7. The molecule has 0 N–H and O–H groups in total. The van der Waals surface area contributed by atoms with Gasteiger partial charge in [-0.15, -0.1) is 0 Å². The van der Waals surface area contributed by atoms with Crippen LogP contribution >= 0.6 is 0 Å². The van der Waals surface area contributed by atoms with E-state index in [0.717, 1.165) is 202 Å². The molecule has 4 aliphatic carbocycles. The van der Waals surface area contributed by atoms with Gasteiger partial charge in [0.15, 0.2) is 0 Å². The fourth-order valence-electron chi connectivity index (χ4n) is 18.0. The summed E-state index contributed by atoms with van der Waals surface area (Å²) in [6.07, 6.45) is 44.3. The normalized spacial score (nSPS) is 12.2. The summed E-state index contributed by atoms with van der Waals surface area (Å²) < 4.78 is 41.7. The van der Waals surface area contributed by atoms with Gasteiger partial charge in [-0.2, -0.15) is 0 Å². The second-order valence-electron chi connectivity index (χ2n) is 34.7. The molecular formula is C113H144O6. The molecule has 14 rings (SSSR count). The highest BCUT2D eigenvalue weighted by molar-refractivity contribution is 5.90.